The van der Waals surface area contributed by atoms with E-state index in [0.29, 0.717) is 12.2 Å². The normalized spacial score (nSPS) is 17.6. The Labute approximate surface area is 217 Å². The molecule has 0 aliphatic heterocycles. The summed E-state index contributed by atoms with van der Waals surface area (Å²) in [6, 6.07) is 11.8. The fourth-order valence-electron chi connectivity index (χ4n) is 5.44. The molecular formula is C32H45FO3. The van der Waals surface area contributed by atoms with Crippen LogP contribution in [0, 0.1) is 17.7 Å². The van der Waals surface area contributed by atoms with Gasteiger partial charge in [0.1, 0.15) is 5.75 Å². The minimum absolute atomic E-state index is 0.0321. The number of unbranched alkanes of at least 4 members (excludes halogenated alkanes) is 4. The van der Waals surface area contributed by atoms with E-state index < -0.39 is 11.8 Å². The van der Waals surface area contributed by atoms with Gasteiger partial charge in [-0.05, 0) is 79.5 Å². The number of rotatable bonds is 15. The van der Waals surface area contributed by atoms with Gasteiger partial charge in [-0.15, -0.1) is 0 Å². The smallest absolute Gasteiger partial charge is 0.343 e. The Morgan fingerprint density at radius 2 is 1.53 bits per heavy atom. The quantitative estimate of drug-likeness (QED) is 0.140. The van der Waals surface area contributed by atoms with Gasteiger partial charge in [0.15, 0.2) is 11.6 Å². The zero-order valence-corrected chi connectivity index (χ0v) is 22.4. The lowest BCUT2D eigenvalue weighted by atomic mass is 9.74. The average molecular weight is 497 g/mol. The standard InChI is InChI=1S/C32H45FO3/c1-3-5-7-12-25-17-22-31(30(33)24-25)36-32(34)28-18-20-29(21-19-28)35-23-11-16-27-15-10-9-14-26(27)13-8-6-4-2/h17-22,24,26-27H,3-16,23H2,1-2H3. The van der Waals surface area contributed by atoms with Crippen LogP contribution in [0.2, 0.25) is 0 Å². The van der Waals surface area contributed by atoms with Crippen molar-refractivity contribution in [2.24, 2.45) is 11.8 Å². The summed E-state index contributed by atoms with van der Waals surface area (Å²) in [7, 11) is 0. The van der Waals surface area contributed by atoms with Crippen LogP contribution in [-0.2, 0) is 6.42 Å². The van der Waals surface area contributed by atoms with Gasteiger partial charge in [-0.25, -0.2) is 9.18 Å². The largest absolute Gasteiger partial charge is 0.494 e. The molecule has 3 nitrogen and oxygen atoms in total. The Hall–Kier alpha value is -2.36. The number of carbonyl (C=O) groups is 1. The molecule has 0 saturated heterocycles. The van der Waals surface area contributed by atoms with Gasteiger partial charge < -0.3 is 9.47 Å². The third-order valence-electron chi connectivity index (χ3n) is 7.59. The molecule has 2 unspecified atom stereocenters. The Bertz CT molecular complexity index is 908. The average Bonchev–Trinajstić information content (AvgIpc) is 2.89. The zero-order valence-electron chi connectivity index (χ0n) is 22.4. The minimum Gasteiger partial charge on any atom is -0.494 e. The summed E-state index contributed by atoms with van der Waals surface area (Å²) in [6.45, 7) is 5.11. The Kier molecular flexibility index (Phi) is 12.3. The van der Waals surface area contributed by atoms with Crippen molar-refractivity contribution < 1.29 is 18.7 Å². The predicted octanol–water partition coefficient (Wildman–Crippen LogP) is 9.32. The lowest BCUT2D eigenvalue weighted by Crippen LogP contribution is -2.20. The summed E-state index contributed by atoms with van der Waals surface area (Å²) in [5, 5.41) is 0. The molecule has 1 saturated carbocycles. The predicted molar refractivity (Wildman–Crippen MR) is 145 cm³/mol. The molecule has 3 rings (SSSR count). The molecule has 4 heteroatoms. The first-order chi connectivity index (χ1) is 17.6. The van der Waals surface area contributed by atoms with E-state index in [2.05, 4.69) is 13.8 Å². The van der Waals surface area contributed by atoms with Crippen molar-refractivity contribution >= 4 is 5.97 Å². The lowest BCUT2D eigenvalue weighted by molar-refractivity contribution is 0.0727. The molecule has 198 valence electrons. The highest BCUT2D eigenvalue weighted by Crippen LogP contribution is 2.36. The molecule has 2 aromatic rings. The molecule has 0 amide bonds. The Balaban J connectivity index is 1.41. The highest BCUT2D eigenvalue weighted by molar-refractivity contribution is 5.91. The van der Waals surface area contributed by atoms with Gasteiger partial charge >= 0.3 is 5.97 Å². The summed E-state index contributed by atoms with van der Waals surface area (Å²) < 4.78 is 25.7. The first-order valence-corrected chi connectivity index (χ1v) is 14.3. The van der Waals surface area contributed by atoms with Crippen molar-refractivity contribution in [2.45, 2.75) is 104 Å². The van der Waals surface area contributed by atoms with Gasteiger partial charge in [0.05, 0.1) is 12.2 Å². The molecule has 0 aromatic heterocycles. The fourth-order valence-corrected chi connectivity index (χ4v) is 5.44. The second kappa shape index (κ2) is 15.7. The van der Waals surface area contributed by atoms with Crippen LogP contribution in [0.15, 0.2) is 42.5 Å². The number of ether oxygens (including phenoxy) is 2. The fraction of sp³-hybridized carbons (Fsp3) is 0.594. The maximum Gasteiger partial charge on any atom is 0.343 e. The monoisotopic (exact) mass is 496 g/mol. The van der Waals surface area contributed by atoms with E-state index in [1.807, 2.05) is 6.07 Å². The highest BCUT2D eigenvalue weighted by Gasteiger charge is 2.24. The third kappa shape index (κ3) is 9.26. The van der Waals surface area contributed by atoms with Crippen LogP contribution in [0.5, 0.6) is 11.5 Å². The van der Waals surface area contributed by atoms with Crippen LogP contribution >= 0.6 is 0 Å². The van der Waals surface area contributed by atoms with Crippen LogP contribution in [0.3, 0.4) is 0 Å². The van der Waals surface area contributed by atoms with Gasteiger partial charge in [-0.1, -0.05) is 84.1 Å². The number of halogens is 1. The van der Waals surface area contributed by atoms with Crippen LogP contribution in [0.25, 0.3) is 0 Å². The molecule has 1 aliphatic carbocycles. The van der Waals surface area contributed by atoms with E-state index in [1.165, 1.54) is 63.9 Å². The first kappa shape index (κ1) is 28.2. The van der Waals surface area contributed by atoms with E-state index in [9.17, 15) is 9.18 Å². The molecule has 36 heavy (non-hydrogen) atoms. The van der Waals surface area contributed by atoms with Gasteiger partial charge in [-0.2, -0.15) is 0 Å². The van der Waals surface area contributed by atoms with Gasteiger partial charge in [0.2, 0.25) is 0 Å². The first-order valence-electron chi connectivity index (χ1n) is 14.3. The van der Waals surface area contributed by atoms with Crippen molar-refractivity contribution in [3.63, 3.8) is 0 Å². The highest BCUT2D eigenvalue weighted by atomic mass is 19.1. The molecule has 0 bridgehead atoms. The molecule has 0 radical (unpaired) electrons. The summed E-state index contributed by atoms with van der Waals surface area (Å²) >= 11 is 0. The van der Waals surface area contributed by atoms with Crippen molar-refractivity contribution in [1.29, 1.82) is 0 Å². The molecule has 1 fully saturated rings. The van der Waals surface area contributed by atoms with E-state index >= 15 is 0 Å². The molecule has 0 spiro atoms. The number of hydrogen-bond donors (Lipinski definition) is 0. The third-order valence-corrected chi connectivity index (χ3v) is 7.59. The topological polar surface area (TPSA) is 35.5 Å². The maximum absolute atomic E-state index is 14.4. The summed E-state index contributed by atoms with van der Waals surface area (Å²) in [4.78, 5) is 12.5. The molecule has 1 aliphatic rings. The molecule has 2 aromatic carbocycles. The molecule has 2 atom stereocenters. The zero-order chi connectivity index (χ0) is 25.6. The molecular weight excluding hydrogens is 451 g/mol. The molecule has 0 heterocycles. The second-order valence-electron chi connectivity index (χ2n) is 10.4. The van der Waals surface area contributed by atoms with Crippen LogP contribution in [0.1, 0.15) is 113 Å². The SMILES string of the molecule is CCCCCc1ccc(OC(=O)c2ccc(OCCCC3CCCCC3CCCCC)cc2)c(F)c1. The van der Waals surface area contributed by atoms with Gasteiger partial charge in [0, 0.05) is 0 Å². The number of aryl methyl sites for hydroxylation is 1. The van der Waals surface area contributed by atoms with Crippen LogP contribution in [-0.4, -0.2) is 12.6 Å². The Morgan fingerprint density at radius 1 is 0.861 bits per heavy atom. The van der Waals surface area contributed by atoms with Crippen LogP contribution in [0.4, 0.5) is 4.39 Å². The van der Waals surface area contributed by atoms with E-state index in [0.717, 1.165) is 55.3 Å². The number of hydrogen-bond acceptors (Lipinski definition) is 3. The van der Waals surface area contributed by atoms with Crippen molar-refractivity contribution in [3.05, 3.63) is 59.4 Å². The van der Waals surface area contributed by atoms with Crippen molar-refractivity contribution in [1.82, 2.24) is 0 Å². The molecule has 0 N–H and O–H groups in total. The van der Waals surface area contributed by atoms with Gasteiger partial charge in [-0.3, -0.25) is 0 Å². The van der Waals surface area contributed by atoms with Crippen molar-refractivity contribution in [2.75, 3.05) is 6.61 Å². The van der Waals surface area contributed by atoms with E-state index in [-0.39, 0.29) is 5.75 Å². The second-order valence-corrected chi connectivity index (χ2v) is 10.4. The summed E-state index contributed by atoms with van der Waals surface area (Å²) in [5.74, 6) is 1.40. The summed E-state index contributed by atoms with van der Waals surface area (Å²) in [5.41, 5.74) is 1.31. The summed E-state index contributed by atoms with van der Waals surface area (Å²) in [6.07, 6.45) is 17.4. The van der Waals surface area contributed by atoms with E-state index in [1.54, 1.807) is 30.3 Å². The van der Waals surface area contributed by atoms with Gasteiger partial charge in [0.25, 0.3) is 0 Å². The maximum atomic E-state index is 14.4. The lowest BCUT2D eigenvalue weighted by Gasteiger charge is -2.31. The Morgan fingerprint density at radius 3 is 2.19 bits per heavy atom. The number of benzene rings is 2. The number of carbonyl (C=O) groups excluding carboxylic acids is 1. The minimum atomic E-state index is -0.564. The van der Waals surface area contributed by atoms with Crippen molar-refractivity contribution in [3.8, 4) is 11.5 Å². The van der Waals surface area contributed by atoms with Crippen LogP contribution < -0.4 is 9.47 Å². The van der Waals surface area contributed by atoms with E-state index in [4.69, 9.17) is 9.47 Å². The number of esters is 1.